The zero-order chi connectivity index (χ0) is 12.2. The van der Waals surface area contributed by atoms with E-state index in [0.29, 0.717) is 10.2 Å². The lowest BCUT2D eigenvalue weighted by Gasteiger charge is -2.22. The lowest BCUT2D eigenvalue weighted by Crippen LogP contribution is -2.39. The van der Waals surface area contributed by atoms with E-state index >= 15 is 0 Å². The zero-order valence-corrected chi connectivity index (χ0v) is 10.5. The van der Waals surface area contributed by atoms with Gasteiger partial charge >= 0.3 is 6.18 Å². The molecule has 1 amide bonds. The Morgan fingerprint density at radius 2 is 2.19 bits per heavy atom. The standard InChI is InChI=1S/C9H9BrF3NOS/c10-3-4-14(6-9(11,12)13)8(15)7-2-1-5-16-7/h1-2,5H,3-4,6H2. The van der Waals surface area contributed by atoms with Crippen LogP contribution in [0.15, 0.2) is 17.5 Å². The van der Waals surface area contributed by atoms with Gasteiger partial charge in [-0.15, -0.1) is 11.3 Å². The van der Waals surface area contributed by atoms with Crippen LogP contribution < -0.4 is 0 Å². The van der Waals surface area contributed by atoms with Gasteiger partial charge in [-0.3, -0.25) is 4.79 Å². The Morgan fingerprint density at radius 3 is 2.62 bits per heavy atom. The van der Waals surface area contributed by atoms with Gasteiger partial charge < -0.3 is 4.90 Å². The topological polar surface area (TPSA) is 20.3 Å². The summed E-state index contributed by atoms with van der Waals surface area (Å²) >= 11 is 4.17. The van der Waals surface area contributed by atoms with Crippen molar-refractivity contribution in [3.63, 3.8) is 0 Å². The highest BCUT2D eigenvalue weighted by molar-refractivity contribution is 9.09. The van der Waals surface area contributed by atoms with Crippen molar-refractivity contribution in [1.82, 2.24) is 4.90 Å². The second-order valence-corrected chi connectivity index (χ2v) is 4.75. The Labute approximate surface area is 103 Å². The first-order valence-corrected chi connectivity index (χ1v) is 6.39. The van der Waals surface area contributed by atoms with Crippen molar-refractivity contribution in [3.8, 4) is 0 Å². The molecule has 0 aromatic carbocycles. The number of hydrogen-bond acceptors (Lipinski definition) is 2. The van der Waals surface area contributed by atoms with Gasteiger partial charge in [-0.25, -0.2) is 0 Å². The van der Waals surface area contributed by atoms with Crippen LogP contribution in [0, 0.1) is 0 Å². The van der Waals surface area contributed by atoms with E-state index in [2.05, 4.69) is 15.9 Å². The SMILES string of the molecule is O=C(c1cccs1)N(CCBr)CC(F)(F)F. The third-order valence-corrected chi connectivity index (χ3v) is 2.96. The van der Waals surface area contributed by atoms with E-state index in [4.69, 9.17) is 0 Å². The average molecular weight is 316 g/mol. The van der Waals surface area contributed by atoms with E-state index < -0.39 is 18.6 Å². The van der Waals surface area contributed by atoms with Crippen LogP contribution in [-0.4, -0.2) is 35.4 Å². The average Bonchev–Trinajstić information content (AvgIpc) is 2.66. The first-order chi connectivity index (χ1) is 7.44. The van der Waals surface area contributed by atoms with Crippen LogP contribution in [-0.2, 0) is 0 Å². The van der Waals surface area contributed by atoms with E-state index in [1.807, 2.05) is 0 Å². The molecule has 0 aliphatic carbocycles. The van der Waals surface area contributed by atoms with Crippen molar-refractivity contribution in [2.45, 2.75) is 6.18 Å². The summed E-state index contributed by atoms with van der Waals surface area (Å²) in [7, 11) is 0. The molecule has 0 N–H and O–H groups in total. The van der Waals surface area contributed by atoms with E-state index in [0.717, 1.165) is 16.2 Å². The number of alkyl halides is 4. The van der Waals surface area contributed by atoms with Crippen molar-refractivity contribution < 1.29 is 18.0 Å². The first kappa shape index (κ1) is 13.5. The normalized spacial score (nSPS) is 11.5. The second-order valence-electron chi connectivity index (χ2n) is 3.01. The van der Waals surface area contributed by atoms with Crippen LogP contribution in [0.1, 0.15) is 9.67 Å². The Kier molecular flexibility index (Phi) is 4.79. The van der Waals surface area contributed by atoms with E-state index in [1.165, 1.54) is 6.07 Å². The number of nitrogens with zero attached hydrogens (tertiary/aromatic N) is 1. The summed E-state index contributed by atoms with van der Waals surface area (Å²) in [5.74, 6) is -0.577. The van der Waals surface area contributed by atoms with Crippen LogP contribution >= 0.6 is 27.3 Å². The fourth-order valence-corrected chi connectivity index (χ4v) is 2.25. The van der Waals surface area contributed by atoms with Gasteiger partial charge in [-0.2, -0.15) is 13.2 Å². The molecule has 0 saturated heterocycles. The second kappa shape index (κ2) is 5.67. The first-order valence-electron chi connectivity index (χ1n) is 4.39. The molecule has 1 rings (SSSR count). The number of carbonyl (C=O) groups excluding carboxylic acids is 1. The molecule has 16 heavy (non-hydrogen) atoms. The van der Waals surface area contributed by atoms with Gasteiger partial charge in [0.2, 0.25) is 0 Å². The summed E-state index contributed by atoms with van der Waals surface area (Å²) in [4.78, 5) is 12.8. The van der Waals surface area contributed by atoms with Crippen LogP contribution in [0.2, 0.25) is 0 Å². The summed E-state index contributed by atoms with van der Waals surface area (Å²) in [5, 5.41) is 1.98. The third kappa shape index (κ3) is 4.13. The number of thiophene rings is 1. The number of hydrogen-bond donors (Lipinski definition) is 0. The van der Waals surface area contributed by atoms with Crippen LogP contribution in [0.3, 0.4) is 0 Å². The molecular weight excluding hydrogens is 307 g/mol. The maximum Gasteiger partial charge on any atom is 0.406 e. The Balaban J connectivity index is 2.74. The fourth-order valence-electron chi connectivity index (χ4n) is 1.13. The molecule has 0 spiro atoms. The summed E-state index contributed by atoms with van der Waals surface area (Å²) in [6.45, 7) is -1.18. The molecule has 0 unspecified atom stereocenters. The Bertz CT molecular complexity index is 339. The highest BCUT2D eigenvalue weighted by Gasteiger charge is 2.33. The zero-order valence-electron chi connectivity index (χ0n) is 8.13. The molecule has 0 bridgehead atoms. The molecule has 90 valence electrons. The lowest BCUT2D eigenvalue weighted by molar-refractivity contribution is -0.140. The van der Waals surface area contributed by atoms with E-state index in [9.17, 15) is 18.0 Å². The van der Waals surface area contributed by atoms with Crippen molar-refractivity contribution in [3.05, 3.63) is 22.4 Å². The number of amides is 1. The summed E-state index contributed by atoms with van der Waals surface area (Å²) in [6, 6.07) is 3.16. The van der Waals surface area contributed by atoms with Gasteiger partial charge in [0, 0.05) is 11.9 Å². The molecule has 7 heteroatoms. The fraction of sp³-hybridized carbons (Fsp3) is 0.444. The molecule has 0 saturated carbocycles. The predicted molar refractivity (Wildman–Crippen MR) is 60.1 cm³/mol. The minimum absolute atomic E-state index is 0.0379. The van der Waals surface area contributed by atoms with Crippen LogP contribution in [0.4, 0.5) is 13.2 Å². The van der Waals surface area contributed by atoms with Crippen LogP contribution in [0.25, 0.3) is 0 Å². The highest BCUT2D eigenvalue weighted by Crippen LogP contribution is 2.19. The van der Waals surface area contributed by atoms with E-state index in [-0.39, 0.29) is 6.54 Å². The molecule has 1 heterocycles. The van der Waals surface area contributed by atoms with Gasteiger partial charge in [0.05, 0.1) is 4.88 Å². The van der Waals surface area contributed by atoms with E-state index in [1.54, 1.807) is 11.4 Å². The summed E-state index contributed by atoms with van der Waals surface area (Å²) in [5.41, 5.74) is 0. The molecule has 0 aliphatic rings. The maximum atomic E-state index is 12.2. The van der Waals surface area contributed by atoms with Crippen molar-refractivity contribution in [1.29, 1.82) is 0 Å². The van der Waals surface area contributed by atoms with Crippen molar-refractivity contribution in [2.24, 2.45) is 0 Å². The smallest absolute Gasteiger partial charge is 0.328 e. The predicted octanol–water partition coefficient (Wildman–Crippen LogP) is 3.15. The largest absolute Gasteiger partial charge is 0.406 e. The minimum Gasteiger partial charge on any atom is -0.328 e. The minimum atomic E-state index is -4.37. The van der Waals surface area contributed by atoms with Crippen molar-refractivity contribution >= 4 is 33.2 Å². The maximum absolute atomic E-state index is 12.2. The molecular formula is C9H9BrF3NOS. The monoisotopic (exact) mass is 315 g/mol. The van der Waals surface area contributed by atoms with Gasteiger partial charge in [-0.05, 0) is 11.4 Å². The molecule has 0 aliphatic heterocycles. The van der Waals surface area contributed by atoms with Gasteiger partial charge in [0.1, 0.15) is 6.54 Å². The Hall–Kier alpha value is -0.560. The van der Waals surface area contributed by atoms with Gasteiger partial charge in [0.25, 0.3) is 5.91 Å². The van der Waals surface area contributed by atoms with Crippen LogP contribution in [0.5, 0.6) is 0 Å². The summed E-state index contributed by atoms with van der Waals surface area (Å²) in [6.07, 6.45) is -4.37. The molecule has 2 nitrogen and oxygen atoms in total. The highest BCUT2D eigenvalue weighted by atomic mass is 79.9. The number of rotatable bonds is 4. The summed E-state index contributed by atoms with van der Waals surface area (Å²) < 4.78 is 36.7. The van der Waals surface area contributed by atoms with Crippen molar-refractivity contribution in [2.75, 3.05) is 18.4 Å². The molecule has 1 aromatic heterocycles. The quantitative estimate of drug-likeness (QED) is 0.782. The lowest BCUT2D eigenvalue weighted by atomic mass is 10.4. The van der Waals surface area contributed by atoms with Gasteiger partial charge in [-0.1, -0.05) is 22.0 Å². The van der Waals surface area contributed by atoms with Gasteiger partial charge in [0.15, 0.2) is 0 Å². The number of halogens is 4. The Morgan fingerprint density at radius 1 is 1.50 bits per heavy atom. The number of carbonyl (C=O) groups is 1. The molecule has 1 aromatic rings. The molecule has 0 atom stereocenters. The molecule has 0 radical (unpaired) electrons. The third-order valence-electron chi connectivity index (χ3n) is 1.74. The molecule has 0 fully saturated rings.